The molecule has 0 spiro atoms. The first-order chi connectivity index (χ1) is 10.4. The SMILES string of the molecule is C[C@@H]1CN(Cc2nc3c([nH]2)c(=O)n(C)c(=O)n3C)C[C@@H](C)O1. The van der Waals surface area contributed by atoms with Gasteiger partial charge in [-0.05, 0) is 13.8 Å². The summed E-state index contributed by atoms with van der Waals surface area (Å²) in [4.78, 5) is 33.8. The van der Waals surface area contributed by atoms with Crippen LogP contribution in [-0.4, -0.2) is 49.3 Å². The molecule has 3 rings (SSSR count). The van der Waals surface area contributed by atoms with Crippen LogP contribution in [0.4, 0.5) is 0 Å². The highest BCUT2D eigenvalue weighted by Gasteiger charge is 2.23. The van der Waals surface area contributed by atoms with Crippen molar-refractivity contribution in [3.05, 3.63) is 26.7 Å². The Morgan fingerprint density at radius 2 is 1.82 bits per heavy atom. The van der Waals surface area contributed by atoms with Gasteiger partial charge in [-0.25, -0.2) is 9.78 Å². The third-order valence-corrected chi connectivity index (χ3v) is 4.01. The molecule has 2 aromatic rings. The topological polar surface area (TPSA) is 85.2 Å². The highest BCUT2D eigenvalue weighted by atomic mass is 16.5. The molecule has 8 nitrogen and oxygen atoms in total. The summed E-state index contributed by atoms with van der Waals surface area (Å²) in [6.45, 7) is 6.32. The van der Waals surface area contributed by atoms with Crippen molar-refractivity contribution in [1.29, 1.82) is 0 Å². The summed E-state index contributed by atoms with van der Waals surface area (Å²) in [5, 5.41) is 0. The van der Waals surface area contributed by atoms with Gasteiger partial charge in [0.05, 0.1) is 18.8 Å². The normalized spacial score (nSPS) is 23.3. The molecule has 0 amide bonds. The Labute approximate surface area is 127 Å². The highest BCUT2D eigenvalue weighted by molar-refractivity contribution is 5.69. The quantitative estimate of drug-likeness (QED) is 0.814. The molecule has 0 radical (unpaired) electrons. The number of fused-ring (bicyclic) bond motifs is 1. The van der Waals surface area contributed by atoms with Crippen LogP contribution >= 0.6 is 0 Å². The molecule has 2 atom stereocenters. The van der Waals surface area contributed by atoms with E-state index in [-0.39, 0.29) is 23.5 Å². The third kappa shape index (κ3) is 2.48. The van der Waals surface area contributed by atoms with Crippen LogP contribution in [0.3, 0.4) is 0 Å². The Hall–Kier alpha value is -1.93. The predicted molar refractivity (Wildman–Crippen MR) is 81.9 cm³/mol. The lowest BCUT2D eigenvalue weighted by molar-refractivity contribution is -0.0710. The Morgan fingerprint density at radius 3 is 2.45 bits per heavy atom. The lowest BCUT2D eigenvalue weighted by Crippen LogP contribution is -2.45. The fraction of sp³-hybridized carbons (Fsp3) is 0.643. The van der Waals surface area contributed by atoms with Gasteiger partial charge in [0, 0.05) is 27.2 Å². The number of hydrogen-bond donors (Lipinski definition) is 1. The van der Waals surface area contributed by atoms with Gasteiger partial charge >= 0.3 is 5.69 Å². The summed E-state index contributed by atoms with van der Waals surface area (Å²) in [6, 6.07) is 0. The van der Waals surface area contributed by atoms with Crippen molar-refractivity contribution in [3.63, 3.8) is 0 Å². The fourth-order valence-electron chi connectivity index (χ4n) is 3.07. The monoisotopic (exact) mass is 307 g/mol. The van der Waals surface area contributed by atoms with Gasteiger partial charge in [-0.15, -0.1) is 0 Å². The molecule has 22 heavy (non-hydrogen) atoms. The van der Waals surface area contributed by atoms with Gasteiger partial charge in [0.1, 0.15) is 11.3 Å². The van der Waals surface area contributed by atoms with Gasteiger partial charge in [0.25, 0.3) is 5.56 Å². The minimum atomic E-state index is -0.371. The molecule has 1 N–H and O–H groups in total. The van der Waals surface area contributed by atoms with Gasteiger partial charge in [-0.3, -0.25) is 18.8 Å². The largest absolute Gasteiger partial charge is 0.373 e. The van der Waals surface area contributed by atoms with E-state index >= 15 is 0 Å². The van der Waals surface area contributed by atoms with Crippen LogP contribution < -0.4 is 11.2 Å². The van der Waals surface area contributed by atoms with Gasteiger partial charge in [-0.1, -0.05) is 0 Å². The van der Waals surface area contributed by atoms with Crippen LogP contribution in [0.25, 0.3) is 11.2 Å². The molecule has 0 saturated carbocycles. The van der Waals surface area contributed by atoms with Crippen molar-refractivity contribution in [2.45, 2.75) is 32.6 Å². The maximum atomic E-state index is 12.2. The summed E-state index contributed by atoms with van der Waals surface area (Å²) in [6.07, 6.45) is 0.343. The zero-order valence-electron chi connectivity index (χ0n) is 13.3. The van der Waals surface area contributed by atoms with Crippen LogP contribution in [0.5, 0.6) is 0 Å². The van der Waals surface area contributed by atoms with Crippen molar-refractivity contribution in [2.24, 2.45) is 14.1 Å². The van der Waals surface area contributed by atoms with Crippen molar-refractivity contribution in [3.8, 4) is 0 Å². The minimum Gasteiger partial charge on any atom is -0.373 e. The number of aromatic nitrogens is 4. The number of nitrogens with one attached hydrogen (secondary N) is 1. The van der Waals surface area contributed by atoms with Crippen molar-refractivity contribution < 1.29 is 4.74 Å². The van der Waals surface area contributed by atoms with Gasteiger partial charge < -0.3 is 9.72 Å². The van der Waals surface area contributed by atoms with Gasteiger partial charge in [0.15, 0.2) is 5.65 Å². The fourth-order valence-corrected chi connectivity index (χ4v) is 3.07. The average molecular weight is 307 g/mol. The predicted octanol–water partition coefficient (Wildman–Crippen LogP) is -0.430. The Balaban J connectivity index is 1.96. The summed E-state index contributed by atoms with van der Waals surface area (Å²) in [7, 11) is 3.09. The molecule has 1 saturated heterocycles. The first-order valence-corrected chi connectivity index (χ1v) is 7.39. The molecule has 1 aliphatic rings. The van der Waals surface area contributed by atoms with E-state index in [9.17, 15) is 9.59 Å². The van der Waals surface area contributed by atoms with Crippen LogP contribution in [0, 0.1) is 0 Å². The standard InChI is InChI=1S/C14H21N5O3/c1-8-5-19(6-9(2)22-8)7-10-15-11-12(16-10)17(3)14(21)18(4)13(11)20/h8-9H,5-7H2,1-4H3,(H,15,16)/t8-,9-/m1/s1. The van der Waals surface area contributed by atoms with Crippen molar-refractivity contribution in [1.82, 2.24) is 24.0 Å². The molecule has 0 aliphatic carbocycles. The minimum absolute atomic E-state index is 0.172. The maximum Gasteiger partial charge on any atom is 0.332 e. The van der Waals surface area contributed by atoms with E-state index in [4.69, 9.17) is 4.74 Å². The third-order valence-electron chi connectivity index (χ3n) is 4.01. The van der Waals surface area contributed by atoms with E-state index < -0.39 is 0 Å². The zero-order valence-corrected chi connectivity index (χ0v) is 13.3. The van der Waals surface area contributed by atoms with E-state index in [2.05, 4.69) is 14.9 Å². The number of imidazole rings is 1. The van der Waals surface area contributed by atoms with E-state index in [0.29, 0.717) is 23.5 Å². The lowest BCUT2D eigenvalue weighted by Gasteiger charge is -2.34. The number of rotatable bonds is 2. The summed E-state index contributed by atoms with van der Waals surface area (Å²) >= 11 is 0. The number of aryl methyl sites for hydroxylation is 1. The van der Waals surface area contributed by atoms with E-state index in [0.717, 1.165) is 17.7 Å². The number of aromatic amines is 1. The molecule has 3 heterocycles. The van der Waals surface area contributed by atoms with Crippen molar-refractivity contribution in [2.75, 3.05) is 13.1 Å². The molecule has 0 aromatic carbocycles. The number of hydrogen-bond acceptors (Lipinski definition) is 5. The summed E-state index contributed by atoms with van der Waals surface area (Å²) in [5.41, 5.74) is 0.0520. The molecule has 0 bridgehead atoms. The number of H-pyrrole nitrogens is 1. The molecule has 120 valence electrons. The second-order valence-corrected chi connectivity index (χ2v) is 6.04. The van der Waals surface area contributed by atoms with E-state index in [1.807, 2.05) is 13.8 Å². The zero-order chi connectivity index (χ0) is 16.0. The number of nitrogens with zero attached hydrogens (tertiary/aromatic N) is 4. The van der Waals surface area contributed by atoms with Crippen LogP contribution in [0.1, 0.15) is 19.7 Å². The Morgan fingerprint density at radius 1 is 1.18 bits per heavy atom. The summed E-state index contributed by atoms with van der Waals surface area (Å²) in [5.74, 6) is 0.689. The van der Waals surface area contributed by atoms with Gasteiger partial charge in [0.2, 0.25) is 0 Å². The van der Waals surface area contributed by atoms with Crippen LogP contribution in [0.2, 0.25) is 0 Å². The molecule has 2 aromatic heterocycles. The molecule has 0 unspecified atom stereocenters. The first-order valence-electron chi connectivity index (χ1n) is 7.39. The lowest BCUT2D eigenvalue weighted by atomic mass is 10.2. The van der Waals surface area contributed by atoms with E-state index in [1.54, 1.807) is 7.05 Å². The second kappa shape index (κ2) is 5.36. The molecule has 8 heteroatoms. The van der Waals surface area contributed by atoms with Crippen LogP contribution in [0.15, 0.2) is 9.59 Å². The Bertz CT molecular complexity index is 808. The second-order valence-electron chi connectivity index (χ2n) is 6.04. The number of ether oxygens (including phenoxy) is 1. The molecule has 1 fully saturated rings. The Kier molecular flexibility index (Phi) is 3.65. The van der Waals surface area contributed by atoms with Crippen LogP contribution in [-0.2, 0) is 25.4 Å². The van der Waals surface area contributed by atoms with E-state index in [1.165, 1.54) is 11.6 Å². The maximum absolute atomic E-state index is 12.2. The highest BCUT2D eigenvalue weighted by Crippen LogP contribution is 2.14. The molecular formula is C14H21N5O3. The van der Waals surface area contributed by atoms with Gasteiger partial charge in [-0.2, -0.15) is 0 Å². The van der Waals surface area contributed by atoms with Crippen molar-refractivity contribution >= 4 is 11.2 Å². The average Bonchev–Trinajstić information content (AvgIpc) is 2.85. The molecular weight excluding hydrogens is 286 g/mol. The summed E-state index contributed by atoms with van der Waals surface area (Å²) < 4.78 is 8.19. The first kappa shape index (κ1) is 15.0. The molecule has 1 aliphatic heterocycles. The smallest absolute Gasteiger partial charge is 0.332 e. The number of morpholine rings is 1.